The number of benzene rings is 1. The van der Waals surface area contributed by atoms with Gasteiger partial charge in [-0.2, -0.15) is 4.98 Å². The molecule has 0 spiro atoms. The largest absolute Gasteiger partial charge is 0.496 e. The van der Waals surface area contributed by atoms with Crippen LogP contribution in [0.3, 0.4) is 0 Å². The topological polar surface area (TPSA) is 120 Å². The summed E-state index contributed by atoms with van der Waals surface area (Å²) in [4.78, 5) is 23.2. The molecule has 38 heavy (non-hydrogen) atoms. The second-order valence-electron chi connectivity index (χ2n) is 10.9. The highest BCUT2D eigenvalue weighted by atomic mass is 16.6. The van der Waals surface area contributed by atoms with Crippen LogP contribution in [0, 0.1) is 0 Å². The molecule has 1 saturated heterocycles. The highest BCUT2D eigenvalue weighted by Gasteiger charge is 2.29. The van der Waals surface area contributed by atoms with Crippen molar-refractivity contribution < 1.29 is 14.3 Å². The Labute approximate surface area is 224 Å². The van der Waals surface area contributed by atoms with Crippen LogP contribution in [-0.4, -0.2) is 63.9 Å². The molecule has 4 rings (SSSR count). The third kappa shape index (κ3) is 7.06. The molecule has 0 unspecified atom stereocenters. The summed E-state index contributed by atoms with van der Waals surface area (Å²) in [6, 6.07) is 8.42. The van der Waals surface area contributed by atoms with Gasteiger partial charge >= 0.3 is 6.09 Å². The molecule has 3 aromatic rings. The normalized spacial score (nSPS) is 14.3. The van der Waals surface area contributed by atoms with E-state index in [-0.39, 0.29) is 18.1 Å². The summed E-state index contributed by atoms with van der Waals surface area (Å²) in [7, 11) is 1.70. The zero-order valence-electron chi connectivity index (χ0n) is 23.2. The average Bonchev–Trinajstić information content (AvgIpc) is 3.22. The first-order valence-corrected chi connectivity index (χ1v) is 13.4. The maximum Gasteiger partial charge on any atom is 0.407 e. The number of carbonyl (C=O) groups excluding carboxylic acids is 1. The van der Waals surface area contributed by atoms with Crippen LogP contribution in [0.2, 0.25) is 0 Å². The van der Waals surface area contributed by atoms with Crippen LogP contribution < -0.4 is 21.1 Å². The smallest absolute Gasteiger partial charge is 0.407 e. The van der Waals surface area contributed by atoms with E-state index in [0.29, 0.717) is 6.54 Å². The molecular weight excluding hydrogens is 482 g/mol. The number of hydrogen-bond donors (Lipinski definition) is 3. The molecule has 1 amide bonds. The number of anilines is 2. The lowest BCUT2D eigenvalue weighted by Crippen LogP contribution is -2.59. The number of methoxy groups -OCH3 is 1. The predicted molar refractivity (Wildman–Crippen MR) is 150 cm³/mol. The minimum absolute atomic E-state index is 0.106. The van der Waals surface area contributed by atoms with Gasteiger partial charge in [0.2, 0.25) is 5.95 Å². The van der Waals surface area contributed by atoms with Gasteiger partial charge in [0, 0.05) is 37.9 Å². The van der Waals surface area contributed by atoms with Crippen molar-refractivity contribution in [2.24, 2.45) is 0 Å². The van der Waals surface area contributed by atoms with Crippen molar-refractivity contribution in [1.82, 2.24) is 24.8 Å². The number of alkyl carbamates (subject to hydrolysis) is 1. The molecule has 1 fully saturated rings. The van der Waals surface area contributed by atoms with Gasteiger partial charge < -0.3 is 30.4 Å². The van der Waals surface area contributed by atoms with Crippen LogP contribution in [0.1, 0.15) is 58.1 Å². The van der Waals surface area contributed by atoms with Crippen LogP contribution in [0.15, 0.2) is 30.5 Å². The highest BCUT2D eigenvalue weighted by Crippen LogP contribution is 2.28. The number of nitrogens with two attached hydrogens (primary N) is 1. The second kappa shape index (κ2) is 11.9. The average molecular weight is 524 g/mol. The quantitative estimate of drug-likeness (QED) is 0.317. The maximum atomic E-state index is 12.0. The molecule has 10 heteroatoms. The van der Waals surface area contributed by atoms with Crippen LogP contribution in [-0.2, 0) is 17.8 Å². The molecule has 1 aromatic carbocycles. The molecule has 0 bridgehead atoms. The third-order valence-electron chi connectivity index (χ3n) is 6.48. The van der Waals surface area contributed by atoms with E-state index in [0.717, 1.165) is 72.7 Å². The van der Waals surface area contributed by atoms with E-state index in [4.69, 9.17) is 15.2 Å². The van der Waals surface area contributed by atoms with Gasteiger partial charge in [0.05, 0.1) is 25.2 Å². The van der Waals surface area contributed by atoms with Crippen LogP contribution >= 0.6 is 0 Å². The van der Waals surface area contributed by atoms with Crippen LogP contribution in [0.25, 0.3) is 11.0 Å². The number of carbonyl (C=O) groups is 1. The summed E-state index contributed by atoms with van der Waals surface area (Å²) in [5.41, 5.74) is 9.45. The Morgan fingerprint density at radius 1 is 1.16 bits per heavy atom. The van der Waals surface area contributed by atoms with Crippen molar-refractivity contribution >= 4 is 28.9 Å². The molecule has 0 aliphatic carbocycles. The number of fused-ring (bicyclic) bond motifs is 1. The molecule has 0 saturated carbocycles. The standard InChI is InChI=1S/C28H41N7O3/c1-6-7-8-12-30-25-24-22(32-26(29)33-25)11-13-35(24)16-20-10-9-19(14-23(20)37-5)15-34-17-21(18-34)31-27(36)38-28(2,3)4/h9-11,13-14,21H,6-8,12,15-18H2,1-5H3,(H,31,36)(H3,29,30,32,33). The van der Waals surface area contributed by atoms with E-state index in [1.807, 2.05) is 33.0 Å². The summed E-state index contributed by atoms with van der Waals surface area (Å²) in [6.45, 7) is 11.6. The number of rotatable bonds is 11. The van der Waals surface area contributed by atoms with Gasteiger partial charge in [0.1, 0.15) is 16.9 Å². The van der Waals surface area contributed by atoms with Crippen LogP contribution in [0.4, 0.5) is 16.6 Å². The molecule has 0 radical (unpaired) electrons. The third-order valence-corrected chi connectivity index (χ3v) is 6.48. The summed E-state index contributed by atoms with van der Waals surface area (Å²) in [5, 5.41) is 6.38. The monoisotopic (exact) mass is 523 g/mol. The first-order chi connectivity index (χ1) is 18.1. The SMILES string of the molecule is CCCCCNc1nc(N)nc2ccn(Cc3ccc(CN4CC(NC(=O)OC(C)(C)C)C4)cc3OC)c12. The first kappa shape index (κ1) is 27.5. The zero-order chi connectivity index (χ0) is 27.3. The summed E-state index contributed by atoms with van der Waals surface area (Å²) >= 11 is 0. The molecule has 3 heterocycles. The van der Waals surface area contributed by atoms with Gasteiger partial charge in [0.25, 0.3) is 0 Å². The molecule has 2 aromatic heterocycles. The maximum absolute atomic E-state index is 12.0. The Kier molecular flexibility index (Phi) is 8.61. The Bertz CT molecular complexity index is 1250. The Morgan fingerprint density at radius 3 is 2.66 bits per heavy atom. The summed E-state index contributed by atoms with van der Waals surface area (Å²) in [6.07, 6.45) is 5.06. The highest BCUT2D eigenvalue weighted by molar-refractivity contribution is 5.87. The van der Waals surface area contributed by atoms with Crippen molar-refractivity contribution in [3.8, 4) is 5.75 Å². The van der Waals surface area contributed by atoms with E-state index < -0.39 is 5.60 Å². The van der Waals surface area contributed by atoms with Crippen molar-refractivity contribution in [1.29, 1.82) is 0 Å². The van der Waals surface area contributed by atoms with Gasteiger partial charge in [-0.15, -0.1) is 0 Å². The fourth-order valence-electron chi connectivity index (χ4n) is 4.69. The molecule has 10 nitrogen and oxygen atoms in total. The number of ether oxygens (including phenoxy) is 2. The number of nitrogens with zero attached hydrogens (tertiary/aromatic N) is 4. The fourth-order valence-corrected chi connectivity index (χ4v) is 4.69. The van der Waals surface area contributed by atoms with Crippen LogP contribution in [0.5, 0.6) is 5.75 Å². The minimum Gasteiger partial charge on any atom is -0.496 e. The number of aromatic nitrogens is 3. The van der Waals surface area contributed by atoms with Gasteiger partial charge in [-0.25, -0.2) is 9.78 Å². The number of unbranched alkanes of at least 4 members (excludes halogenated alkanes) is 2. The van der Waals surface area contributed by atoms with Gasteiger partial charge in [-0.1, -0.05) is 31.9 Å². The van der Waals surface area contributed by atoms with Crippen molar-refractivity contribution in [2.45, 2.75) is 71.7 Å². The van der Waals surface area contributed by atoms with Crippen molar-refractivity contribution in [3.63, 3.8) is 0 Å². The molecule has 1 aliphatic rings. The minimum atomic E-state index is -0.494. The first-order valence-electron chi connectivity index (χ1n) is 13.4. The number of likely N-dealkylation sites (tertiary alicyclic amines) is 1. The molecular formula is C28H41N7O3. The molecule has 0 atom stereocenters. The second-order valence-corrected chi connectivity index (χ2v) is 10.9. The van der Waals surface area contributed by atoms with E-state index in [1.165, 1.54) is 6.42 Å². The van der Waals surface area contributed by atoms with Gasteiger partial charge in [-0.05, 0) is 44.9 Å². The lowest BCUT2D eigenvalue weighted by Gasteiger charge is -2.39. The summed E-state index contributed by atoms with van der Waals surface area (Å²) < 4.78 is 13.3. The Hall–Kier alpha value is -3.53. The van der Waals surface area contributed by atoms with Gasteiger partial charge in [0.15, 0.2) is 5.82 Å². The number of amides is 1. The van der Waals surface area contributed by atoms with Crippen molar-refractivity contribution in [3.05, 3.63) is 41.6 Å². The summed E-state index contributed by atoms with van der Waals surface area (Å²) in [5.74, 6) is 1.86. The molecule has 1 aliphatic heterocycles. The van der Waals surface area contributed by atoms with E-state index >= 15 is 0 Å². The molecule has 4 N–H and O–H groups in total. The number of nitrogen functional groups attached to an aromatic ring is 1. The van der Waals surface area contributed by atoms with Crippen molar-refractivity contribution in [2.75, 3.05) is 37.8 Å². The van der Waals surface area contributed by atoms with E-state index in [2.05, 4.69) is 55.2 Å². The lowest BCUT2D eigenvalue weighted by molar-refractivity contribution is 0.0392. The molecule has 206 valence electrons. The fraction of sp³-hybridized carbons (Fsp3) is 0.536. The Morgan fingerprint density at radius 2 is 1.95 bits per heavy atom. The zero-order valence-corrected chi connectivity index (χ0v) is 23.2. The number of nitrogens with one attached hydrogen (secondary N) is 2. The van der Waals surface area contributed by atoms with E-state index in [1.54, 1.807) is 7.11 Å². The van der Waals surface area contributed by atoms with Gasteiger partial charge in [-0.3, -0.25) is 4.90 Å². The number of hydrogen-bond acceptors (Lipinski definition) is 8. The predicted octanol–water partition coefficient (Wildman–Crippen LogP) is 4.38. The lowest BCUT2D eigenvalue weighted by atomic mass is 10.1. The Balaban J connectivity index is 1.40. The van der Waals surface area contributed by atoms with E-state index in [9.17, 15) is 4.79 Å².